The van der Waals surface area contributed by atoms with E-state index in [4.69, 9.17) is 15.4 Å². The third-order valence-electron chi connectivity index (χ3n) is 2.71. The van der Waals surface area contributed by atoms with Gasteiger partial charge in [0.2, 0.25) is 5.90 Å². The van der Waals surface area contributed by atoms with E-state index >= 15 is 0 Å². The highest BCUT2D eigenvalue weighted by Crippen LogP contribution is 2.13. The van der Waals surface area contributed by atoms with Gasteiger partial charge in [0, 0.05) is 17.3 Å². The molecule has 0 saturated heterocycles. The Kier molecular flexibility index (Phi) is 4.42. The van der Waals surface area contributed by atoms with Crippen molar-refractivity contribution in [3.05, 3.63) is 71.5 Å². The van der Waals surface area contributed by atoms with Crippen LogP contribution >= 0.6 is 0 Å². The second-order valence-electron chi connectivity index (χ2n) is 4.30. The van der Waals surface area contributed by atoms with Crippen LogP contribution in [0.4, 0.5) is 4.39 Å². The van der Waals surface area contributed by atoms with Crippen LogP contribution in [-0.4, -0.2) is 10.9 Å². The van der Waals surface area contributed by atoms with Gasteiger partial charge in [-0.1, -0.05) is 6.07 Å². The molecule has 0 spiro atoms. The highest BCUT2D eigenvalue weighted by molar-refractivity contribution is 5.92. The van der Waals surface area contributed by atoms with Gasteiger partial charge in [-0.2, -0.15) is 5.26 Å². The van der Waals surface area contributed by atoms with Crippen LogP contribution in [0.1, 0.15) is 23.7 Å². The van der Waals surface area contributed by atoms with Crippen LogP contribution in [0.2, 0.25) is 0 Å². The third-order valence-corrected chi connectivity index (χ3v) is 2.71. The quantitative estimate of drug-likeness (QED) is 0.532. The summed E-state index contributed by atoms with van der Waals surface area (Å²) in [7, 11) is 0. The van der Waals surface area contributed by atoms with Crippen molar-refractivity contribution in [2.45, 2.75) is 6.92 Å². The summed E-state index contributed by atoms with van der Waals surface area (Å²) in [6.07, 6.45) is 3.03. The van der Waals surface area contributed by atoms with Crippen LogP contribution in [0.5, 0.6) is 0 Å². The fourth-order valence-corrected chi connectivity index (χ4v) is 1.66. The van der Waals surface area contributed by atoms with Crippen LogP contribution in [0.3, 0.4) is 0 Å². The van der Waals surface area contributed by atoms with Gasteiger partial charge in [0.1, 0.15) is 5.82 Å². The zero-order valence-electron chi connectivity index (χ0n) is 11.3. The zero-order valence-corrected chi connectivity index (χ0v) is 11.3. The number of hydrogen-bond acceptors (Lipinski definition) is 4. The predicted molar refractivity (Wildman–Crippen MR) is 76.9 cm³/mol. The minimum absolute atomic E-state index is 0.142. The Morgan fingerprint density at radius 3 is 2.86 bits per heavy atom. The third kappa shape index (κ3) is 3.74. The Morgan fingerprint density at radius 2 is 2.19 bits per heavy atom. The van der Waals surface area contributed by atoms with E-state index in [0.29, 0.717) is 0 Å². The molecule has 0 fully saturated rings. The van der Waals surface area contributed by atoms with E-state index in [9.17, 15) is 4.39 Å². The lowest BCUT2D eigenvalue weighted by atomic mass is 10.1. The van der Waals surface area contributed by atoms with E-state index in [2.05, 4.69) is 4.98 Å². The molecule has 0 bridgehead atoms. The van der Waals surface area contributed by atoms with Crippen molar-refractivity contribution in [1.29, 1.82) is 10.7 Å². The second kappa shape index (κ2) is 6.44. The summed E-state index contributed by atoms with van der Waals surface area (Å²) in [6.45, 7) is 1.79. The van der Waals surface area contributed by atoms with Crippen molar-refractivity contribution in [2.24, 2.45) is 0 Å². The summed E-state index contributed by atoms with van der Waals surface area (Å²) in [6, 6.07) is 10.9. The fraction of sp³-hybridized carbons (Fsp3) is 0.0625. The molecule has 1 aromatic heterocycles. The van der Waals surface area contributed by atoms with Crippen LogP contribution in [0, 0.1) is 22.6 Å². The number of nitrogens with one attached hydrogen (secondary N) is 1. The molecule has 0 radical (unpaired) electrons. The summed E-state index contributed by atoms with van der Waals surface area (Å²) >= 11 is 0. The highest BCUT2D eigenvalue weighted by atomic mass is 19.1. The fourth-order valence-electron chi connectivity index (χ4n) is 1.66. The van der Waals surface area contributed by atoms with E-state index in [1.807, 2.05) is 18.2 Å². The van der Waals surface area contributed by atoms with Crippen LogP contribution in [-0.2, 0) is 4.74 Å². The predicted octanol–water partition coefficient (Wildman–Crippen LogP) is 3.50. The lowest BCUT2D eigenvalue weighted by molar-refractivity contribution is 0.470. The highest BCUT2D eigenvalue weighted by Gasteiger charge is 2.07. The molecule has 5 heteroatoms. The first-order chi connectivity index (χ1) is 10.1. The summed E-state index contributed by atoms with van der Waals surface area (Å²) in [5.74, 6) is -0.816. The van der Waals surface area contributed by atoms with Gasteiger partial charge in [-0.25, -0.2) is 4.39 Å². The molecule has 2 aromatic rings. The number of pyridine rings is 1. The molecule has 21 heavy (non-hydrogen) atoms. The molecule has 4 nitrogen and oxygen atoms in total. The van der Waals surface area contributed by atoms with Gasteiger partial charge >= 0.3 is 0 Å². The first-order valence-electron chi connectivity index (χ1n) is 6.14. The topological polar surface area (TPSA) is 69.8 Å². The van der Waals surface area contributed by atoms with Gasteiger partial charge in [-0.3, -0.25) is 10.4 Å². The summed E-state index contributed by atoms with van der Waals surface area (Å²) in [4.78, 5) is 4.15. The molecular formula is C16H12FN3O. The maximum absolute atomic E-state index is 13.3. The molecular weight excluding hydrogens is 269 g/mol. The second-order valence-corrected chi connectivity index (χ2v) is 4.30. The van der Waals surface area contributed by atoms with Gasteiger partial charge in [-0.15, -0.1) is 0 Å². The zero-order chi connectivity index (χ0) is 15.2. The molecule has 2 rings (SSSR count). The Morgan fingerprint density at radius 1 is 1.38 bits per heavy atom. The van der Waals surface area contributed by atoms with Crippen molar-refractivity contribution < 1.29 is 9.13 Å². The number of allylic oxidation sites excluding steroid dienone is 1. The molecule has 1 N–H and O–H groups in total. The van der Waals surface area contributed by atoms with Crippen molar-refractivity contribution in [3.63, 3.8) is 0 Å². The molecule has 0 aliphatic heterocycles. The van der Waals surface area contributed by atoms with Crippen LogP contribution < -0.4 is 0 Å². The molecule has 0 aliphatic rings. The maximum atomic E-state index is 13.3. The SMILES string of the molecule is C/C(=C\OC(=N)c1cc(F)cc(C#N)c1)c1ccccn1. The number of hydrogen-bond donors (Lipinski definition) is 1. The average molecular weight is 281 g/mol. The van der Waals surface area contributed by atoms with E-state index in [-0.39, 0.29) is 17.0 Å². The molecule has 1 aromatic carbocycles. The first kappa shape index (κ1) is 14.4. The van der Waals surface area contributed by atoms with Crippen molar-refractivity contribution >= 4 is 11.5 Å². The minimum Gasteiger partial charge on any atom is -0.446 e. The average Bonchev–Trinajstić information content (AvgIpc) is 2.52. The maximum Gasteiger partial charge on any atom is 0.218 e. The van der Waals surface area contributed by atoms with Gasteiger partial charge in [-0.05, 0) is 37.3 Å². The minimum atomic E-state index is -0.581. The smallest absolute Gasteiger partial charge is 0.218 e. The van der Waals surface area contributed by atoms with Crippen molar-refractivity contribution in [1.82, 2.24) is 4.98 Å². The Hall–Kier alpha value is -3.00. The monoisotopic (exact) mass is 281 g/mol. The van der Waals surface area contributed by atoms with E-state index < -0.39 is 5.82 Å². The lowest BCUT2D eigenvalue weighted by Gasteiger charge is -2.05. The van der Waals surface area contributed by atoms with E-state index in [1.165, 1.54) is 12.3 Å². The number of ether oxygens (including phenoxy) is 1. The molecule has 0 aliphatic carbocycles. The largest absolute Gasteiger partial charge is 0.446 e. The van der Waals surface area contributed by atoms with Crippen LogP contribution in [0.25, 0.3) is 5.57 Å². The van der Waals surface area contributed by atoms with Crippen molar-refractivity contribution in [3.8, 4) is 6.07 Å². The molecule has 1 heterocycles. The molecule has 0 atom stereocenters. The number of nitriles is 1. The van der Waals surface area contributed by atoms with Gasteiger partial charge in [0.25, 0.3) is 0 Å². The van der Waals surface area contributed by atoms with Crippen molar-refractivity contribution in [2.75, 3.05) is 0 Å². The number of aromatic nitrogens is 1. The lowest BCUT2D eigenvalue weighted by Crippen LogP contribution is -2.02. The number of benzene rings is 1. The molecule has 0 amide bonds. The van der Waals surface area contributed by atoms with Gasteiger partial charge in [0.05, 0.1) is 23.6 Å². The van der Waals surface area contributed by atoms with Gasteiger partial charge in [0.15, 0.2) is 0 Å². The number of nitrogens with zero attached hydrogens (tertiary/aromatic N) is 2. The number of rotatable bonds is 3. The normalized spacial score (nSPS) is 10.8. The van der Waals surface area contributed by atoms with E-state index in [1.54, 1.807) is 19.2 Å². The molecule has 0 saturated carbocycles. The molecule has 0 unspecified atom stereocenters. The Labute approximate surface area is 121 Å². The number of halogens is 1. The molecule has 104 valence electrons. The Balaban J connectivity index is 2.16. The summed E-state index contributed by atoms with van der Waals surface area (Å²) < 4.78 is 18.5. The summed E-state index contributed by atoms with van der Waals surface area (Å²) in [5.41, 5.74) is 1.81. The summed E-state index contributed by atoms with van der Waals surface area (Å²) in [5, 5.41) is 16.6. The standard InChI is InChI=1S/C16H12FN3O/c1-11(15-4-2-3-5-20-15)10-21-16(19)13-6-12(9-18)7-14(17)8-13/h2-8,10,19H,1H3/b11-10+,19-16?. The first-order valence-corrected chi connectivity index (χ1v) is 6.14. The Bertz CT molecular complexity index is 733. The van der Waals surface area contributed by atoms with E-state index in [0.717, 1.165) is 23.4 Å². The van der Waals surface area contributed by atoms with Gasteiger partial charge < -0.3 is 4.74 Å². The van der Waals surface area contributed by atoms with Crippen LogP contribution in [0.15, 0.2) is 48.9 Å².